The predicted octanol–water partition coefficient (Wildman–Crippen LogP) is 3.93. The van der Waals surface area contributed by atoms with Gasteiger partial charge in [0.15, 0.2) is 0 Å². The summed E-state index contributed by atoms with van der Waals surface area (Å²) >= 11 is 3.51. The van der Waals surface area contributed by atoms with Gasteiger partial charge in [-0.2, -0.15) is 0 Å². The normalized spacial score (nSPS) is 25.4. The highest BCUT2D eigenvalue weighted by Crippen LogP contribution is 2.34. The Morgan fingerprint density at radius 1 is 1.45 bits per heavy atom. The van der Waals surface area contributed by atoms with E-state index in [2.05, 4.69) is 46.8 Å². The molecule has 20 heavy (non-hydrogen) atoms. The Morgan fingerprint density at radius 2 is 2.25 bits per heavy atom. The second-order valence-corrected chi connectivity index (χ2v) is 6.81. The molecule has 3 unspecified atom stereocenters. The lowest BCUT2D eigenvalue weighted by Gasteiger charge is -2.27. The van der Waals surface area contributed by atoms with Crippen LogP contribution >= 0.6 is 15.9 Å². The number of nitrogens with zero attached hydrogens (tertiary/aromatic N) is 1. The number of benzene rings is 1. The van der Waals surface area contributed by atoms with Crippen LogP contribution < -0.4 is 5.73 Å². The Bertz CT molecular complexity index is 610. The fourth-order valence-corrected chi connectivity index (χ4v) is 3.66. The van der Waals surface area contributed by atoms with Crippen LogP contribution in [-0.4, -0.2) is 24.0 Å². The summed E-state index contributed by atoms with van der Waals surface area (Å²) in [6, 6.07) is 9.17. The summed E-state index contributed by atoms with van der Waals surface area (Å²) in [5.74, 6) is 1.66. The molecular formula is C16H21BrN2O. The Balaban J connectivity index is 1.86. The first-order valence-electron chi connectivity index (χ1n) is 7.23. The maximum atomic E-state index is 6.02. The van der Waals surface area contributed by atoms with E-state index in [0.717, 1.165) is 34.3 Å². The van der Waals surface area contributed by atoms with Gasteiger partial charge in [-0.05, 0) is 57.0 Å². The van der Waals surface area contributed by atoms with Crippen molar-refractivity contribution < 1.29 is 4.42 Å². The van der Waals surface area contributed by atoms with E-state index >= 15 is 0 Å². The maximum Gasteiger partial charge on any atom is 0.134 e. The Labute approximate surface area is 128 Å². The van der Waals surface area contributed by atoms with Crippen molar-refractivity contribution in [3.05, 3.63) is 34.5 Å². The van der Waals surface area contributed by atoms with Crippen LogP contribution in [0, 0.1) is 5.92 Å². The van der Waals surface area contributed by atoms with Gasteiger partial charge in [0.2, 0.25) is 0 Å². The molecule has 3 atom stereocenters. The van der Waals surface area contributed by atoms with E-state index in [9.17, 15) is 0 Å². The van der Waals surface area contributed by atoms with Gasteiger partial charge < -0.3 is 10.2 Å². The second kappa shape index (κ2) is 5.51. The van der Waals surface area contributed by atoms with E-state index < -0.39 is 0 Å². The molecule has 0 amide bonds. The first-order chi connectivity index (χ1) is 9.58. The molecule has 1 aromatic heterocycles. The molecule has 0 saturated carbocycles. The van der Waals surface area contributed by atoms with Crippen molar-refractivity contribution in [2.75, 3.05) is 13.1 Å². The number of likely N-dealkylation sites (tertiary alicyclic amines) is 1. The number of furan rings is 1. The number of nitrogens with two attached hydrogens (primary N) is 1. The van der Waals surface area contributed by atoms with Gasteiger partial charge in [-0.3, -0.25) is 4.90 Å². The van der Waals surface area contributed by atoms with Crippen molar-refractivity contribution in [2.45, 2.75) is 32.4 Å². The minimum Gasteiger partial charge on any atom is -0.459 e. The summed E-state index contributed by atoms with van der Waals surface area (Å²) in [6.07, 6.45) is 1.19. The molecule has 2 heterocycles. The molecule has 2 aromatic rings. The quantitative estimate of drug-likeness (QED) is 0.923. The molecule has 0 aliphatic carbocycles. The molecule has 3 nitrogen and oxygen atoms in total. The van der Waals surface area contributed by atoms with Crippen molar-refractivity contribution >= 4 is 26.9 Å². The Hall–Kier alpha value is -0.840. The van der Waals surface area contributed by atoms with Gasteiger partial charge in [0.25, 0.3) is 0 Å². The van der Waals surface area contributed by atoms with Gasteiger partial charge in [-0.25, -0.2) is 0 Å². The lowest BCUT2D eigenvalue weighted by Crippen LogP contribution is -2.30. The lowest BCUT2D eigenvalue weighted by molar-refractivity contribution is 0.181. The van der Waals surface area contributed by atoms with E-state index in [4.69, 9.17) is 10.2 Å². The predicted molar refractivity (Wildman–Crippen MR) is 85.7 cm³/mol. The average molecular weight is 337 g/mol. The fraction of sp³-hybridized carbons (Fsp3) is 0.500. The number of halogens is 1. The van der Waals surface area contributed by atoms with Crippen LogP contribution in [0.4, 0.5) is 0 Å². The number of hydrogen-bond donors (Lipinski definition) is 1. The first-order valence-corrected chi connectivity index (χ1v) is 8.02. The molecule has 1 aliphatic heterocycles. The van der Waals surface area contributed by atoms with Crippen LogP contribution in [0.1, 0.15) is 32.1 Å². The average Bonchev–Trinajstić information content (AvgIpc) is 3.00. The zero-order chi connectivity index (χ0) is 14.3. The summed E-state index contributed by atoms with van der Waals surface area (Å²) in [4.78, 5) is 2.50. The van der Waals surface area contributed by atoms with Crippen LogP contribution in [0.3, 0.4) is 0 Å². The van der Waals surface area contributed by atoms with Gasteiger partial charge in [0, 0.05) is 22.4 Å². The molecule has 1 fully saturated rings. The summed E-state index contributed by atoms with van der Waals surface area (Å²) in [6.45, 7) is 6.35. The molecule has 3 rings (SSSR count). The lowest BCUT2D eigenvalue weighted by atomic mass is 10.1. The zero-order valence-corrected chi connectivity index (χ0v) is 13.6. The molecule has 1 saturated heterocycles. The standard InChI is InChI=1S/C16H21BrN2O/c1-10-5-12(8-18)9-19(10)11(2)16-7-13-6-14(17)3-4-15(13)20-16/h3-4,6-7,10-12H,5,8-9,18H2,1-2H3. The molecule has 0 radical (unpaired) electrons. The Kier molecular flexibility index (Phi) is 3.89. The molecule has 1 aromatic carbocycles. The highest BCUT2D eigenvalue weighted by atomic mass is 79.9. The van der Waals surface area contributed by atoms with Crippen LogP contribution in [0.5, 0.6) is 0 Å². The SMILES string of the molecule is CC1CC(CN)CN1C(C)c1cc2cc(Br)ccc2o1. The fourth-order valence-electron chi connectivity index (χ4n) is 3.29. The summed E-state index contributed by atoms with van der Waals surface area (Å²) in [7, 11) is 0. The van der Waals surface area contributed by atoms with Gasteiger partial charge in [-0.15, -0.1) is 0 Å². The maximum absolute atomic E-state index is 6.02. The van der Waals surface area contributed by atoms with Crippen LogP contribution in [0.25, 0.3) is 11.0 Å². The summed E-state index contributed by atoms with van der Waals surface area (Å²) < 4.78 is 7.11. The Morgan fingerprint density at radius 3 is 2.95 bits per heavy atom. The smallest absolute Gasteiger partial charge is 0.134 e. The highest BCUT2D eigenvalue weighted by molar-refractivity contribution is 9.10. The molecule has 108 valence electrons. The van der Waals surface area contributed by atoms with Crippen molar-refractivity contribution in [1.82, 2.24) is 4.90 Å². The van der Waals surface area contributed by atoms with E-state index in [1.165, 1.54) is 6.42 Å². The second-order valence-electron chi connectivity index (χ2n) is 5.89. The van der Waals surface area contributed by atoms with Gasteiger partial charge in [0.05, 0.1) is 6.04 Å². The molecule has 0 spiro atoms. The van der Waals surface area contributed by atoms with Crippen molar-refractivity contribution in [1.29, 1.82) is 0 Å². The first kappa shape index (κ1) is 14.1. The third-order valence-corrected chi connectivity index (χ3v) is 4.94. The largest absolute Gasteiger partial charge is 0.459 e. The summed E-state index contributed by atoms with van der Waals surface area (Å²) in [5, 5.41) is 1.16. The zero-order valence-electron chi connectivity index (χ0n) is 12.0. The molecule has 4 heteroatoms. The van der Waals surface area contributed by atoms with Gasteiger partial charge in [-0.1, -0.05) is 15.9 Å². The number of hydrogen-bond acceptors (Lipinski definition) is 3. The van der Waals surface area contributed by atoms with Crippen LogP contribution in [0.2, 0.25) is 0 Å². The van der Waals surface area contributed by atoms with Crippen LogP contribution in [-0.2, 0) is 0 Å². The van der Waals surface area contributed by atoms with E-state index in [1.807, 2.05) is 12.1 Å². The molecule has 2 N–H and O–H groups in total. The minimum atomic E-state index is 0.299. The third-order valence-electron chi connectivity index (χ3n) is 4.45. The monoisotopic (exact) mass is 336 g/mol. The van der Waals surface area contributed by atoms with E-state index in [1.54, 1.807) is 0 Å². The molecule has 1 aliphatic rings. The highest BCUT2D eigenvalue weighted by Gasteiger charge is 2.33. The molecular weight excluding hydrogens is 316 g/mol. The van der Waals surface area contributed by atoms with Crippen molar-refractivity contribution in [3.8, 4) is 0 Å². The number of rotatable bonds is 3. The third kappa shape index (κ3) is 2.52. The molecule has 0 bridgehead atoms. The topological polar surface area (TPSA) is 42.4 Å². The van der Waals surface area contributed by atoms with Crippen molar-refractivity contribution in [3.63, 3.8) is 0 Å². The van der Waals surface area contributed by atoms with Crippen LogP contribution in [0.15, 0.2) is 33.2 Å². The van der Waals surface area contributed by atoms with Gasteiger partial charge >= 0.3 is 0 Å². The van der Waals surface area contributed by atoms with E-state index in [0.29, 0.717) is 18.0 Å². The van der Waals surface area contributed by atoms with E-state index in [-0.39, 0.29) is 0 Å². The minimum absolute atomic E-state index is 0.299. The number of fused-ring (bicyclic) bond motifs is 1. The van der Waals surface area contributed by atoms with Gasteiger partial charge in [0.1, 0.15) is 11.3 Å². The summed E-state index contributed by atoms with van der Waals surface area (Å²) in [5.41, 5.74) is 6.78. The van der Waals surface area contributed by atoms with Crippen molar-refractivity contribution in [2.24, 2.45) is 11.7 Å².